The Morgan fingerprint density at radius 2 is 2.11 bits per heavy atom. The van der Waals surface area contributed by atoms with E-state index in [1.165, 1.54) is 37.7 Å². The van der Waals surface area contributed by atoms with Crippen LogP contribution < -0.4 is 5.32 Å². The lowest BCUT2D eigenvalue weighted by atomic mass is 9.78. The van der Waals surface area contributed by atoms with Crippen LogP contribution in [-0.2, 0) is 13.0 Å². The lowest BCUT2D eigenvalue weighted by Crippen LogP contribution is -2.44. The van der Waals surface area contributed by atoms with Gasteiger partial charge in [-0.2, -0.15) is 5.10 Å². The van der Waals surface area contributed by atoms with Crippen molar-refractivity contribution >= 4 is 0 Å². The summed E-state index contributed by atoms with van der Waals surface area (Å²) in [6.07, 6.45) is 12.1. The Kier molecular flexibility index (Phi) is 5.03. The summed E-state index contributed by atoms with van der Waals surface area (Å²) < 4.78 is 2.03. The molecule has 1 heterocycles. The van der Waals surface area contributed by atoms with Crippen molar-refractivity contribution in [1.29, 1.82) is 0 Å². The Morgan fingerprint density at radius 1 is 1.37 bits per heavy atom. The lowest BCUT2D eigenvalue weighted by Gasteiger charge is -2.35. The number of hydrogen-bond acceptors (Lipinski definition) is 2. The Hall–Kier alpha value is -0.830. The number of nitrogens with one attached hydrogen (secondary N) is 1. The van der Waals surface area contributed by atoms with Crippen LogP contribution in [0.3, 0.4) is 0 Å². The Balaban J connectivity index is 2.04. The first-order valence-corrected chi connectivity index (χ1v) is 7.92. The molecule has 1 aromatic rings. The minimum absolute atomic E-state index is 0.476. The van der Waals surface area contributed by atoms with Gasteiger partial charge in [0, 0.05) is 18.8 Å². The number of aryl methyl sites for hydroxylation is 1. The van der Waals surface area contributed by atoms with E-state index in [0.717, 1.165) is 19.5 Å². The molecule has 108 valence electrons. The molecular weight excluding hydrogens is 234 g/mol. The van der Waals surface area contributed by atoms with Crippen molar-refractivity contribution in [3.05, 3.63) is 18.0 Å². The molecule has 0 amide bonds. The molecule has 1 saturated carbocycles. The molecule has 1 fully saturated rings. The average molecular weight is 263 g/mol. The van der Waals surface area contributed by atoms with E-state index in [2.05, 4.69) is 37.4 Å². The van der Waals surface area contributed by atoms with Gasteiger partial charge in [0.2, 0.25) is 0 Å². The third-order valence-electron chi connectivity index (χ3n) is 4.68. The van der Waals surface area contributed by atoms with Gasteiger partial charge >= 0.3 is 0 Å². The van der Waals surface area contributed by atoms with Gasteiger partial charge in [-0.1, -0.05) is 26.7 Å². The highest BCUT2D eigenvalue weighted by Gasteiger charge is 2.36. The highest BCUT2D eigenvalue weighted by Crippen LogP contribution is 2.41. The van der Waals surface area contributed by atoms with Gasteiger partial charge in [-0.15, -0.1) is 0 Å². The molecule has 0 aliphatic heterocycles. The maximum Gasteiger partial charge on any atom is 0.0522 e. The minimum Gasteiger partial charge on any atom is -0.313 e. The molecule has 0 spiro atoms. The van der Waals surface area contributed by atoms with Gasteiger partial charge in [-0.3, -0.25) is 4.68 Å². The maximum absolute atomic E-state index is 4.41. The first-order chi connectivity index (χ1) is 9.18. The summed E-state index contributed by atoms with van der Waals surface area (Å²) in [7, 11) is 0. The van der Waals surface area contributed by atoms with Crippen LogP contribution in [0.1, 0.15) is 58.4 Å². The SMILES string of the molecule is CCCNC(Cc1cnn(CC)c1)C1(C)CCCC1. The number of hydrogen-bond donors (Lipinski definition) is 1. The highest BCUT2D eigenvalue weighted by atomic mass is 15.3. The molecule has 1 atom stereocenters. The van der Waals surface area contributed by atoms with Crippen molar-refractivity contribution in [3.8, 4) is 0 Å². The van der Waals surface area contributed by atoms with Gasteiger partial charge in [-0.25, -0.2) is 0 Å². The molecular formula is C16H29N3. The first-order valence-electron chi connectivity index (χ1n) is 7.92. The largest absolute Gasteiger partial charge is 0.313 e. The smallest absolute Gasteiger partial charge is 0.0522 e. The zero-order valence-corrected chi connectivity index (χ0v) is 12.8. The fourth-order valence-corrected chi connectivity index (χ4v) is 3.34. The van der Waals surface area contributed by atoms with Crippen molar-refractivity contribution in [2.24, 2.45) is 5.41 Å². The van der Waals surface area contributed by atoms with Crippen LogP contribution in [-0.4, -0.2) is 22.4 Å². The van der Waals surface area contributed by atoms with Crippen LogP contribution in [0.25, 0.3) is 0 Å². The molecule has 0 saturated heterocycles. The van der Waals surface area contributed by atoms with E-state index in [-0.39, 0.29) is 0 Å². The summed E-state index contributed by atoms with van der Waals surface area (Å²) in [5.41, 5.74) is 1.85. The van der Waals surface area contributed by atoms with Crippen molar-refractivity contribution in [2.75, 3.05) is 6.54 Å². The van der Waals surface area contributed by atoms with Gasteiger partial charge in [0.25, 0.3) is 0 Å². The zero-order valence-electron chi connectivity index (χ0n) is 12.8. The van der Waals surface area contributed by atoms with Crippen molar-refractivity contribution in [1.82, 2.24) is 15.1 Å². The van der Waals surface area contributed by atoms with Crippen LogP contribution in [0.4, 0.5) is 0 Å². The normalized spacial score (nSPS) is 19.7. The van der Waals surface area contributed by atoms with Gasteiger partial charge in [0.1, 0.15) is 0 Å². The summed E-state index contributed by atoms with van der Waals surface area (Å²) in [5, 5.41) is 8.20. The standard InChI is InChI=1S/C16H29N3/c1-4-10-17-15(16(3)8-6-7-9-16)11-14-12-18-19(5-2)13-14/h12-13,15,17H,4-11H2,1-3H3. The second-order valence-corrected chi connectivity index (χ2v) is 6.28. The lowest BCUT2D eigenvalue weighted by molar-refractivity contribution is 0.219. The van der Waals surface area contributed by atoms with Crippen LogP contribution in [0.15, 0.2) is 12.4 Å². The van der Waals surface area contributed by atoms with Crippen molar-refractivity contribution < 1.29 is 0 Å². The molecule has 3 heteroatoms. The summed E-state index contributed by atoms with van der Waals surface area (Å²) in [6.45, 7) is 8.95. The summed E-state index contributed by atoms with van der Waals surface area (Å²) in [4.78, 5) is 0. The Morgan fingerprint density at radius 3 is 2.68 bits per heavy atom. The topological polar surface area (TPSA) is 29.9 Å². The molecule has 3 nitrogen and oxygen atoms in total. The third kappa shape index (κ3) is 3.59. The van der Waals surface area contributed by atoms with E-state index >= 15 is 0 Å². The maximum atomic E-state index is 4.41. The van der Waals surface area contributed by atoms with E-state index in [9.17, 15) is 0 Å². The quantitative estimate of drug-likeness (QED) is 0.817. The van der Waals surface area contributed by atoms with Gasteiger partial charge < -0.3 is 5.32 Å². The van der Waals surface area contributed by atoms with Crippen LogP contribution in [0.5, 0.6) is 0 Å². The molecule has 1 aromatic heterocycles. The molecule has 2 rings (SSSR count). The molecule has 1 aliphatic rings. The first kappa shape index (κ1) is 14.6. The van der Waals surface area contributed by atoms with E-state index < -0.39 is 0 Å². The summed E-state index contributed by atoms with van der Waals surface area (Å²) >= 11 is 0. The van der Waals surface area contributed by atoms with E-state index in [1.54, 1.807) is 0 Å². The van der Waals surface area contributed by atoms with Crippen molar-refractivity contribution in [3.63, 3.8) is 0 Å². The Bertz CT molecular complexity index is 377. The number of rotatable bonds is 7. The van der Waals surface area contributed by atoms with Crippen LogP contribution in [0, 0.1) is 5.41 Å². The molecule has 19 heavy (non-hydrogen) atoms. The fraction of sp³-hybridized carbons (Fsp3) is 0.812. The third-order valence-corrected chi connectivity index (χ3v) is 4.68. The predicted octanol–water partition coefficient (Wildman–Crippen LogP) is 3.39. The molecule has 0 aromatic carbocycles. The minimum atomic E-state index is 0.476. The fourth-order valence-electron chi connectivity index (χ4n) is 3.34. The molecule has 1 N–H and O–H groups in total. The van der Waals surface area contributed by atoms with E-state index in [1.807, 2.05) is 10.9 Å². The summed E-state index contributed by atoms with van der Waals surface area (Å²) in [5.74, 6) is 0. The molecule has 1 unspecified atom stereocenters. The van der Waals surface area contributed by atoms with Crippen LogP contribution >= 0.6 is 0 Å². The van der Waals surface area contributed by atoms with Crippen molar-refractivity contribution in [2.45, 2.75) is 71.9 Å². The molecule has 1 aliphatic carbocycles. The molecule has 0 bridgehead atoms. The molecule has 0 radical (unpaired) electrons. The number of nitrogens with zero attached hydrogens (tertiary/aromatic N) is 2. The second-order valence-electron chi connectivity index (χ2n) is 6.28. The Labute approximate surface area is 117 Å². The van der Waals surface area contributed by atoms with Crippen LogP contribution in [0.2, 0.25) is 0 Å². The monoisotopic (exact) mass is 263 g/mol. The zero-order chi connectivity index (χ0) is 13.7. The summed E-state index contributed by atoms with van der Waals surface area (Å²) in [6, 6.07) is 0.601. The predicted molar refractivity (Wildman–Crippen MR) is 80.3 cm³/mol. The van der Waals surface area contributed by atoms with E-state index in [0.29, 0.717) is 11.5 Å². The van der Waals surface area contributed by atoms with E-state index in [4.69, 9.17) is 0 Å². The van der Waals surface area contributed by atoms with Gasteiger partial charge in [0.15, 0.2) is 0 Å². The van der Waals surface area contributed by atoms with Gasteiger partial charge in [0.05, 0.1) is 6.20 Å². The van der Waals surface area contributed by atoms with Gasteiger partial charge in [-0.05, 0) is 50.1 Å². The highest BCUT2D eigenvalue weighted by molar-refractivity contribution is 5.09. The number of aromatic nitrogens is 2. The average Bonchev–Trinajstić information content (AvgIpc) is 3.04. The second kappa shape index (κ2) is 6.56.